The molecule has 0 radical (unpaired) electrons. The van der Waals surface area contributed by atoms with Crippen LogP contribution in [-0.4, -0.2) is 16.7 Å². The van der Waals surface area contributed by atoms with Gasteiger partial charge in [0.25, 0.3) is 0 Å². The third-order valence-corrected chi connectivity index (χ3v) is 3.35. The van der Waals surface area contributed by atoms with Crippen molar-refractivity contribution in [2.75, 3.05) is 7.11 Å². The molecule has 3 aromatic rings. The van der Waals surface area contributed by atoms with E-state index >= 15 is 0 Å². The fourth-order valence-corrected chi connectivity index (χ4v) is 2.50. The Hall–Kier alpha value is -2.28. The summed E-state index contributed by atoms with van der Waals surface area (Å²) in [6.45, 7) is 0. The first-order valence-electron chi connectivity index (χ1n) is 5.94. The van der Waals surface area contributed by atoms with E-state index in [0.717, 1.165) is 18.2 Å². The molecule has 0 unspecified atom stereocenters. The zero-order chi connectivity index (χ0) is 15.1. The van der Waals surface area contributed by atoms with Gasteiger partial charge in [-0.15, -0.1) is 0 Å². The van der Waals surface area contributed by atoms with E-state index in [1.807, 2.05) is 0 Å². The van der Waals surface area contributed by atoms with Crippen molar-refractivity contribution in [3.05, 3.63) is 52.6 Å². The van der Waals surface area contributed by atoms with Gasteiger partial charge in [-0.2, -0.15) is 0 Å². The summed E-state index contributed by atoms with van der Waals surface area (Å²) in [5, 5.41) is 0. The van der Waals surface area contributed by atoms with Gasteiger partial charge in [0.1, 0.15) is 11.6 Å². The van der Waals surface area contributed by atoms with Gasteiger partial charge in [-0.25, -0.2) is 13.2 Å². The topological polar surface area (TPSA) is 29.9 Å². The molecule has 1 heterocycles. The maximum atomic E-state index is 13.7. The summed E-state index contributed by atoms with van der Waals surface area (Å²) in [6.07, 6.45) is 0. The number of nitrogens with zero attached hydrogens (tertiary/aromatic N) is 1. The Balaban J connectivity index is 2.36. The van der Waals surface area contributed by atoms with Crippen LogP contribution in [0.25, 0.3) is 16.7 Å². The number of rotatable bonds is 2. The smallest absolute Gasteiger partial charge is 0.182 e. The Labute approximate surface area is 122 Å². The van der Waals surface area contributed by atoms with Crippen LogP contribution in [-0.2, 0) is 0 Å². The van der Waals surface area contributed by atoms with E-state index in [0.29, 0.717) is 11.0 Å². The van der Waals surface area contributed by atoms with E-state index in [4.69, 9.17) is 17.0 Å². The number of fused-ring (bicyclic) bond motifs is 1. The highest BCUT2D eigenvalue weighted by atomic mass is 32.1. The zero-order valence-corrected chi connectivity index (χ0v) is 11.6. The van der Waals surface area contributed by atoms with Crippen molar-refractivity contribution in [1.82, 2.24) is 9.55 Å². The van der Waals surface area contributed by atoms with Crippen molar-refractivity contribution in [1.29, 1.82) is 0 Å². The minimum Gasteiger partial charge on any atom is -0.494 e. The Morgan fingerprint density at radius 2 is 1.71 bits per heavy atom. The Morgan fingerprint density at radius 1 is 1.05 bits per heavy atom. The predicted molar refractivity (Wildman–Crippen MR) is 74.9 cm³/mol. The number of benzene rings is 2. The molecule has 0 bridgehead atoms. The molecule has 0 aliphatic heterocycles. The minimum atomic E-state index is -0.727. The third-order valence-electron chi connectivity index (χ3n) is 3.06. The predicted octanol–water partition coefficient (Wildman–Crippen LogP) is 4.11. The number of halogens is 3. The van der Waals surface area contributed by atoms with Crippen LogP contribution in [0.15, 0.2) is 30.3 Å². The molecule has 0 fully saturated rings. The fraction of sp³-hybridized carbons (Fsp3) is 0.0714. The molecule has 21 heavy (non-hydrogen) atoms. The minimum absolute atomic E-state index is 0.0159. The number of imidazole rings is 1. The van der Waals surface area contributed by atoms with Crippen molar-refractivity contribution in [2.45, 2.75) is 0 Å². The van der Waals surface area contributed by atoms with Crippen LogP contribution in [0.2, 0.25) is 0 Å². The van der Waals surface area contributed by atoms with Crippen LogP contribution >= 0.6 is 12.2 Å². The molecular weight excluding hydrogens is 301 g/mol. The van der Waals surface area contributed by atoms with Gasteiger partial charge in [0, 0.05) is 18.2 Å². The van der Waals surface area contributed by atoms with E-state index in [1.54, 1.807) is 0 Å². The molecule has 2 aromatic carbocycles. The van der Waals surface area contributed by atoms with Crippen LogP contribution < -0.4 is 4.74 Å². The molecule has 0 spiro atoms. The van der Waals surface area contributed by atoms with Gasteiger partial charge in [0.05, 0.1) is 23.8 Å². The molecular formula is C14H9F3N2OS. The first kappa shape index (κ1) is 13.7. The van der Waals surface area contributed by atoms with E-state index in [1.165, 1.54) is 23.8 Å². The first-order chi connectivity index (χ1) is 9.99. The van der Waals surface area contributed by atoms with Crippen molar-refractivity contribution in [2.24, 2.45) is 0 Å². The second-order valence-electron chi connectivity index (χ2n) is 4.40. The monoisotopic (exact) mass is 310 g/mol. The summed E-state index contributed by atoms with van der Waals surface area (Å²) in [5.41, 5.74) is 1.07. The lowest BCUT2D eigenvalue weighted by Crippen LogP contribution is -1.97. The summed E-state index contributed by atoms with van der Waals surface area (Å²) in [5.74, 6) is -1.99. The van der Waals surface area contributed by atoms with E-state index in [9.17, 15) is 13.2 Å². The molecule has 0 saturated carbocycles. The molecule has 1 aromatic heterocycles. The summed E-state index contributed by atoms with van der Waals surface area (Å²) in [7, 11) is 1.33. The number of aromatic amines is 1. The zero-order valence-electron chi connectivity index (χ0n) is 10.8. The highest BCUT2D eigenvalue weighted by molar-refractivity contribution is 7.71. The van der Waals surface area contributed by atoms with Crippen LogP contribution in [0.1, 0.15) is 0 Å². The maximum Gasteiger partial charge on any atom is 0.182 e. The molecule has 0 aliphatic rings. The molecule has 3 rings (SSSR count). The molecule has 1 N–H and O–H groups in total. The second-order valence-corrected chi connectivity index (χ2v) is 4.78. The van der Waals surface area contributed by atoms with Gasteiger partial charge in [-0.05, 0) is 24.4 Å². The Kier molecular flexibility index (Phi) is 3.21. The Morgan fingerprint density at radius 3 is 2.33 bits per heavy atom. The van der Waals surface area contributed by atoms with E-state index in [2.05, 4.69) is 4.98 Å². The van der Waals surface area contributed by atoms with Crippen LogP contribution in [0, 0.1) is 22.2 Å². The standard InChI is InChI=1S/C14H9F3N2OS/c1-20-13-6-12-11(5-10(13)17)18-14(21)19(12)9-3-7(15)2-8(16)4-9/h2-6H,1H3,(H,18,21). The highest BCUT2D eigenvalue weighted by Gasteiger charge is 2.13. The number of H-pyrrole nitrogens is 1. The molecule has 108 valence electrons. The first-order valence-corrected chi connectivity index (χ1v) is 6.35. The van der Waals surface area contributed by atoms with Crippen LogP contribution in [0.3, 0.4) is 0 Å². The lowest BCUT2D eigenvalue weighted by Gasteiger charge is -2.07. The number of hydrogen-bond donors (Lipinski definition) is 1. The quantitative estimate of drug-likeness (QED) is 0.722. The lowest BCUT2D eigenvalue weighted by atomic mass is 10.2. The summed E-state index contributed by atoms with van der Waals surface area (Å²) >= 11 is 5.14. The van der Waals surface area contributed by atoms with Gasteiger partial charge in [0.15, 0.2) is 16.3 Å². The van der Waals surface area contributed by atoms with Crippen molar-refractivity contribution < 1.29 is 17.9 Å². The van der Waals surface area contributed by atoms with E-state index in [-0.39, 0.29) is 16.2 Å². The van der Waals surface area contributed by atoms with Crippen LogP contribution in [0.5, 0.6) is 5.75 Å². The van der Waals surface area contributed by atoms with Gasteiger partial charge < -0.3 is 9.72 Å². The number of hydrogen-bond acceptors (Lipinski definition) is 2. The fourth-order valence-electron chi connectivity index (χ4n) is 2.19. The number of ether oxygens (including phenoxy) is 1. The third kappa shape index (κ3) is 2.29. The normalized spacial score (nSPS) is 11.0. The summed E-state index contributed by atoms with van der Waals surface area (Å²) < 4.78 is 47.0. The largest absolute Gasteiger partial charge is 0.494 e. The average Bonchev–Trinajstić information content (AvgIpc) is 2.71. The lowest BCUT2D eigenvalue weighted by molar-refractivity contribution is 0.387. The number of nitrogens with one attached hydrogen (secondary N) is 1. The second kappa shape index (κ2) is 4.92. The van der Waals surface area contributed by atoms with Gasteiger partial charge in [-0.3, -0.25) is 4.57 Å². The van der Waals surface area contributed by atoms with E-state index < -0.39 is 17.5 Å². The Bertz CT molecular complexity index is 881. The molecule has 7 heteroatoms. The SMILES string of the molecule is COc1cc2c(cc1F)[nH]c(=S)n2-c1cc(F)cc(F)c1. The summed E-state index contributed by atoms with van der Waals surface area (Å²) in [6, 6.07) is 5.68. The maximum absolute atomic E-state index is 13.7. The summed E-state index contributed by atoms with van der Waals surface area (Å²) in [4.78, 5) is 2.79. The molecule has 0 atom stereocenters. The van der Waals surface area contributed by atoms with Crippen molar-refractivity contribution >= 4 is 23.3 Å². The number of aromatic nitrogens is 2. The average molecular weight is 310 g/mol. The molecule has 3 nitrogen and oxygen atoms in total. The van der Waals surface area contributed by atoms with Crippen molar-refractivity contribution in [3.8, 4) is 11.4 Å². The molecule has 0 aliphatic carbocycles. The molecule has 0 amide bonds. The number of methoxy groups -OCH3 is 1. The van der Waals surface area contributed by atoms with Gasteiger partial charge in [-0.1, -0.05) is 0 Å². The van der Waals surface area contributed by atoms with Gasteiger partial charge in [0.2, 0.25) is 0 Å². The van der Waals surface area contributed by atoms with Gasteiger partial charge >= 0.3 is 0 Å². The van der Waals surface area contributed by atoms with Crippen LogP contribution in [0.4, 0.5) is 13.2 Å². The highest BCUT2D eigenvalue weighted by Crippen LogP contribution is 2.27. The molecule has 0 saturated heterocycles. The van der Waals surface area contributed by atoms with Crippen molar-refractivity contribution in [3.63, 3.8) is 0 Å².